The molecule has 0 unspecified atom stereocenters. The topological polar surface area (TPSA) is 92.7 Å². The Hall–Kier alpha value is -2.08. The third kappa shape index (κ3) is 4.55. The Labute approximate surface area is 120 Å². The quantitative estimate of drug-likeness (QED) is 0.776. The van der Waals surface area contributed by atoms with Gasteiger partial charge in [0.15, 0.2) is 6.04 Å². The molecule has 0 radical (unpaired) electrons. The van der Waals surface area contributed by atoms with E-state index in [2.05, 4.69) is 5.32 Å². The first-order valence-corrected chi connectivity index (χ1v) is 6.27. The molecule has 0 saturated heterocycles. The third-order valence-corrected chi connectivity index (χ3v) is 2.75. The summed E-state index contributed by atoms with van der Waals surface area (Å²) in [6.45, 7) is 1.15. The number of carboxylic acid groups (broad SMARTS) is 1. The second-order valence-corrected chi connectivity index (χ2v) is 4.29. The normalized spacial score (nSPS) is 11.5. The van der Waals surface area contributed by atoms with Crippen LogP contribution in [0, 0.1) is 0 Å². The average molecular weight is 300 g/mol. The number of hydrogen-bond acceptors (Lipinski definition) is 4. The Morgan fingerprint density at radius 1 is 1.35 bits per heavy atom. The van der Waals surface area contributed by atoms with Gasteiger partial charge >= 0.3 is 11.9 Å². The lowest BCUT2D eigenvalue weighted by atomic mass is 10.2. The molecule has 0 bridgehead atoms. The maximum Gasteiger partial charge on any atom is 0.329 e. The van der Waals surface area contributed by atoms with Crippen molar-refractivity contribution in [3.05, 3.63) is 34.9 Å². The summed E-state index contributed by atoms with van der Waals surface area (Å²) in [4.78, 5) is 33.9. The number of carboxylic acids is 1. The maximum atomic E-state index is 11.9. The Bertz CT molecular complexity index is 517. The van der Waals surface area contributed by atoms with Crippen LogP contribution in [0.4, 0.5) is 0 Å². The molecule has 20 heavy (non-hydrogen) atoms. The largest absolute Gasteiger partial charge is 0.480 e. The Kier molecular flexibility index (Phi) is 5.99. The van der Waals surface area contributed by atoms with Crippen LogP contribution < -0.4 is 5.32 Å². The summed E-state index contributed by atoms with van der Waals surface area (Å²) in [7, 11) is 0. The van der Waals surface area contributed by atoms with Crippen molar-refractivity contribution in [2.75, 3.05) is 6.61 Å². The highest BCUT2D eigenvalue weighted by Crippen LogP contribution is 2.14. The number of aliphatic carboxylic acids is 1. The lowest BCUT2D eigenvalue weighted by molar-refractivity contribution is -0.148. The summed E-state index contributed by atoms with van der Waals surface area (Å²) in [6, 6.07) is 4.91. The maximum absolute atomic E-state index is 11.9. The average Bonchev–Trinajstić information content (AvgIpc) is 2.42. The van der Waals surface area contributed by atoms with Crippen molar-refractivity contribution in [1.29, 1.82) is 0 Å². The van der Waals surface area contributed by atoms with Crippen molar-refractivity contribution < 1.29 is 24.2 Å². The smallest absolute Gasteiger partial charge is 0.329 e. The van der Waals surface area contributed by atoms with Gasteiger partial charge in [0.2, 0.25) is 0 Å². The van der Waals surface area contributed by atoms with Crippen LogP contribution in [0.3, 0.4) is 0 Å². The number of halogens is 1. The summed E-state index contributed by atoms with van der Waals surface area (Å²) in [6.07, 6.45) is 0.130. The minimum Gasteiger partial charge on any atom is -0.480 e. The van der Waals surface area contributed by atoms with Crippen LogP contribution in [-0.4, -0.2) is 35.6 Å². The van der Waals surface area contributed by atoms with E-state index in [1.54, 1.807) is 19.1 Å². The monoisotopic (exact) mass is 299 g/mol. The van der Waals surface area contributed by atoms with Crippen LogP contribution in [0.25, 0.3) is 0 Å². The molecule has 0 aliphatic rings. The minimum atomic E-state index is -1.32. The fourth-order valence-corrected chi connectivity index (χ4v) is 1.56. The summed E-state index contributed by atoms with van der Waals surface area (Å²) in [5.74, 6) is -2.48. The molecule has 0 aliphatic heterocycles. The molecule has 0 saturated carbocycles. The molecule has 1 aromatic carbocycles. The highest BCUT2D eigenvalue weighted by Gasteiger charge is 2.23. The summed E-state index contributed by atoms with van der Waals surface area (Å²) >= 11 is 5.84. The van der Waals surface area contributed by atoms with E-state index in [4.69, 9.17) is 21.4 Å². The molecule has 1 aromatic rings. The summed E-state index contributed by atoms with van der Waals surface area (Å²) in [5, 5.41) is 11.4. The van der Waals surface area contributed by atoms with Crippen LogP contribution in [0.1, 0.15) is 23.7 Å². The van der Waals surface area contributed by atoms with Gasteiger partial charge in [-0.2, -0.15) is 0 Å². The molecule has 7 heteroatoms. The number of amides is 1. The van der Waals surface area contributed by atoms with E-state index < -0.39 is 30.5 Å². The van der Waals surface area contributed by atoms with Gasteiger partial charge in [-0.15, -0.1) is 0 Å². The molecule has 6 nitrogen and oxygen atoms in total. The zero-order chi connectivity index (χ0) is 15.1. The molecular weight excluding hydrogens is 286 g/mol. The Morgan fingerprint density at radius 2 is 2.00 bits per heavy atom. The molecule has 0 spiro atoms. The number of ether oxygens (including phenoxy) is 1. The fraction of sp³-hybridized carbons (Fsp3) is 0.308. The molecule has 0 aromatic heterocycles. The number of esters is 1. The summed E-state index contributed by atoms with van der Waals surface area (Å²) < 4.78 is 4.71. The van der Waals surface area contributed by atoms with Crippen LogP contribution in [0.2, 0.25) is 5.02 Å². The van der Waals surface area contributed by atoms with E-state index in [0.717, 1.165) is 0 Å². The minimum absolute atomic E-state index is 0.130. The predicted octanol–water partition coefficient (Wildman–Crippen LogP) is 1.48. The molecule has 1 atom stereocenters. The van der Waals surface area contributed by atoms with Gasteiger partial charge in [0.25, 0.3) is 5.91 Å². The fourth-order valence-electron chi connectivity index (χ4n) is 1.33. The van der Waals surface area contributed by atoms with Crippen molar-refractivity contribution in [1.82, 2.24) is 5.32 Å². The zero-order valence-corrected chi connectivity index (χ0v) is 11.5. The predicted molar refractivity (Wildman–Crippen MR) is 71.6 cm³/mol. The highest BCUT2D eigenvalue weighted by atomic mass is 35.5. The van der Waals surface area contributed by atoms with E-state index in [9.17, 15) is 14.4 Å². The highest BCUT2D eigenvalue weighted by molar-refractivity contribution is 6.33. The van der Waals surface area contributed by atoms with Crippen molar-refractivity contribution >= 4 is 29.4 Å². The van der Waals surface area contributed by atoms with Gasteiger partial charge in [-0.3, -0.25) is 9.59 Å². The van der Waals surface area contributed by atoms with Gasteiger partial charge in [-0.05, 0) is 12.1 Å². The van der Waals surface area contributed by atoms with Crippen LogP contribution in [0.5, 0.6) is 0 Å². The van der Waals surface area contributed by atoms with Crippen molar-refractivity contribution in [2.45, 2.75) is 19.4 Å². The van der Waals surface area contributed by atoms with Gasteiger partial charge in [0, 0.05) is 6.42 Å². The lowest BCUT2D eigenvalue weighted by Crippen LogP contribution is -2.44. The number of rotatable bonds is 6. The van der Waals surface area contributed by atoms with Crippen LogP contribution >= 0.6 is 11.6 Å². The first-order chi connectivity index (χ1) is 9.45. The van der Waals surface area contributed by atoms with Gasteiger partial charge in [0.05, 0.1) is 10.6 Å². The Morgan fingerprint density at radius 3 is 2.55 bits per heavy atom. The Balaban J connectivity index is 2.71. The molecule has 1 amide bonds. The van der Waals surface area contributed by atoms with Crippen molar-refractivity contribution in [3.8, 4) is 0 Å². The van der Waals surface area contributed by atoms with Crippen molar-refractivity contribution in [3.63, 3.8) is 0 Å². The van der Waals surface area contributed by atoms with E-state index in [1.807, 2.05) is 0 Å². The number of hydrogen-bond donors (Lipinski definition) is 2. The number of benzene rings is 1. The molecule has 108 valence electrons. The molecule has 2 N–H and O–H groups in total. The first kappa shape index (κ1) is 16.0. The van der Waals surface area contributed by atoms with E-state index in [0.29, 0.717) is 0 Å². The molecule has 0 heterocycles. The van der Waals surface area contributed by atoms with Gasteiger partial charge < -0.3 is 15.2 Å². The standard InChI is InChI=1S/C13H14ClNO5/c1-2-11(16)20-7-10(13(18)19)15-12(17)8-5-3-4-6-9(8)14/h3-6,10H,2,7H2,1H3,(H,15,17)(H,18,19)/t10-/m0/s1. The van der Waals surface area contributed by atoms with Gasteiger partial charge in [-0.1, -0.05) is 30.7 Å². The second kappa shape index (κ2) is 7.49. The lowest BCUT2D eigenvalue weighted by Gasteiger charge is -2.15. The SMILES string of the molecule is CCC(=O)OC[C@H](NC(=O)c1ccccc1Cl)C(=O)O. The zero-order valence-electron chi connectivity index (χ0n) is 10.8. The van der Waals surface area contributed by atoms with Crippen LogP contribution in [0.15, 0.2) is 24.3 Å². The van der Waals surface area contributed by atoms with Crippen LogP contribution in [-0.2, 0) is 14.3 Å². The van der Waals surface area contributed by atoms with Crippen molar-refractivity contribution in [2.24, 2.45) is 0 Å². The molecule has 1 rings (SSSR count). The number of nitrogens with one attached hydrogen (secondary N) is 1. The second-order valence-electron chi connectivity index (χ2n) is 3.88. The number of carbonyl (C=O) groups excluding carboxylic acids is 2. The molecule has 0 aliphatic carbocycles. The third-order valence-electron chi connectivity index (χ3n) is 2.42. The number of carbonyl (C=O) groups is 3. The van der Waals surface area contributed by atoms with E-state index in [-0.39, 0.29) is 17.0 Å². The molecular formula is C13H14ClNO5. The first-order valence-electron chi connectivity index (χ1n) is 5.89. The van der Waals surface area contributed by atoms with Gasteiger partial charge in [-0.25, -0.2) is 4.79 Å². The van der Waals surface area contributed by atoms with Gasteiger partial charge in [0.1, 0.15) is 6.61 Å². The molecule has 0 fully saturated rings. The summed E-state index contributed by atoms with van der Waals surface area (Å²) in [5.41, 5.74) is 0.155. The van der Waals surface area contributed by atoms with E-state index in [1.165, 1.54) is 12.1 Å². The van der Waals surface area contributed by atoms with E-state index >= 15 is 0 Å².